The van der Waals surface area contributed by atoms with Crippen LogP contribution in [0.4, 0.5) is 5.69 Å². The summed E-state index contributed by atoms with van der Waals surface area (Å²) in [5.41, 5.74) is 3.11. The van der Waals surface area contributed by atoms with Gasteiger partial charge in [-0.15, -0.1) is 5.10 Å². The third-order valence-electron chi connectivity index (χ3n) is 6.80. The van der Waals surface area contributed by atoms with Gasteiger partial charge >= 0.3 is 0 Å². The van der Waals surface area contributed by atoms with Gasteiger partial charge < -0.3 is 5.32 Å². The van der Waals surface area contributed by atoms with Crippen molar-refractivity contribution in [2.75, 3.05) is 4.90 Å². The van der Waals surface area contributed by atoms with Gasteiger partial charge in [-0.2, -0.15) is 0 Å². The first kappa shape index (κ1) is 25.1. The topological polar surface area (TPSA) is 93.0 Å². The van der Waals surface area contributed by atoms with Crippen LogP contribution < -0.4 is 10.2 Å². The lowest BCUT2D eigenvalue weighted by Crippen LogP contribution is -2.51. The number of nitrogens with one attached hydrogen (secondary N) is 1. The molecule has 0 saturated heterocycles. The predicted octanol–water partition coefficient (Wildman–Crippen LogP) is 5.06. The zero-order valence-corrected chi connectivity index (χ0v) is 21.7. The number of amides is 2. The Labute approximate surface area is 221 Å². The summed E-state index contributed by atoms with van der Waals surface area (Å²) < 4.78 is 1.57. The molecule has 0 bridgehead atoms. The van der Waals surface area contributed by atoms with Crippen molar-refractivity contribution in [3.63, 3.8) is 0 Å². The Kier molecular flexibility index (Phi) is 6.87. The van der Waals surface area contributed by atoms with E-state index in [1.165, 1.54) is 0 Å². The molecule has 1 N–H and O–H groups in total. The smallest absolute Gasteiger partial charge is 0.249 e. The number of hydrogen-bond acceptors (Lipinski definition) is 5. The van der Waals surface area contributed by atoms with Gasteiger partial charge in [0.1, 0.15) is 18.1 Å². The average molecular weight is 507 g/mol. The highest BCUT2D eigenvalue weighted by Gasteiger charge is 2.35. The Bertz CT molecular complexity index is 1590. The quantitative estimate of drug-likeness (QED) is 0.318. The number of pyridine rings is 1. The van der Waals surface area contributed by atoms with E-state index in [1.54, 1.807) is 15.8 Å². The van der Waals surface area contributed by atoms with Gasteiger partial charge in [-0.05, 0) is 68.3 Å². The van der Waals surface area contributed by atoms with Crippen LogP contribution in [0.5, 0.6) is 0 Å². The van der Waals surface area contributed by atoms with Crippen molar-refractivity contribution in [2.24, 2.45) is 0 Å². The number of fused-ring (bicyclic) bond motifs is 2. The van der Waals surface area contributed by atoms with Crippen LogP contribution in [-0.4, -0.2) is 37.3 Å². The molecule has 0 aliphatic carbocycles. The Balaban J connectivity index is 1.63. The molecular weight excluding hydrogens is 476 g/mol. The van der Waals surface area contributed by atoms with E-state index in [0.29, 0.717) is 16.8 Å². The fourth-order valence-corrected chi connectivity index (χ4v) is 4.44. The molecule has 0 aliphatic heterocycles. The minimum absolute atomic E-state index is 0.0779. The predicted molar refractivity (Wildman–Crippen MR) is 148 cm³/mol. The van der Waals surface area contributed by atoms with E-state index in [2.05, 4.69) is 20.6 Å². The van der Waals surface area contributed by atoms with E-state index in [1.807, 2.05) is 106 Å². The van der Waals surface area contributed by atoms with Crippen molar-refractivity contribution >= 4 is 39.4 Å². The number of nitrogens with zero attached hydrogens (tertiary/aromatic N) is 5. The molecule has 0 radical (unpaired) electrons. The van der Waals surface area contributed by atoms with Crippen LogP contribution in [0.3, 0.4) is 0 Å². The second-order valence-electron chi connectivity index (χ2n) is 9.92. The molecule has 2 aromatic heterocycles. The molecule has 3 aromatic carbocycles. The Morgan fingerprint density at radius 1 is 0.947 bits per heavy atom. The lowest BCUT2D eigenvalue weighted by molar-refractivity contribution is -0.128. The highest BCUT2D eigenvalue weighted by molar-refractivity contribution is 6.02. The highest BCUT2D eigenvalue weighted by atomic mass is 16.2. The first-order valence-corrected chi connectivity index (χ1v) is 12.7. The molecule has 0 spiro atoms. The number of carbonyl (C=O) groups is 2. The zero-order chi connectivity index (χ0) is 26.7. The molecule has 2 heterocycles. The maximum atomic E-state index is 14.1. The number of anilines is 1. The normalized spacial score (nSPS) is 12.4. The van der Waals surface area contributed by atoms with E-state index in [-0.39, 0.29) is 18.4 Å². The number of para-hydroxylation sites is 2. The number of rotatable bonds is 8. The number of aromatic nitrogens is 4. The van der Waals surface area contributed by atoms with Gasteiger partial charge in [-0.1, -0.05) is 54.6 Å². The van der Waals surface area contributed by atoms with Gasteiger partial charge in [0.2, 0.25) is 11.8 Å². The van der Waals surface area contributed by atoms with Crippen LogP contribution in [0, 0.1) is 0 Å². The van der Waals surface area contributed by atoms with Crippen LogP contribution in [0.2, 0.25) is 0 Å². The molecule has 8 nitrogen and oxygen atoms in total. The largest absolute Gasteiger partial charge is 0.349 e. The van der Waals surface area contributed by atoms with Gasteiger partial charge in [0.25, 0.3) is 0 Å². The van der Waals surface area contributed by atoms with Gasteiger partial charge in [0, 0.05) is 22.8 Å². The highest BCUT2D eigenvalue weighted by Crippen LogP contribution is 2.31. The summed E-state index contributed by atoms with van der Waals surface area (Å²) >= 11 is 0. The summed E-state index contributed by atoms with van der Waals surface area (Å²) in [5, 5.41) is 12.5. The lowest BCUT2D eigenvalue weighted by atomic mass is 9.97. The summed E-state index contributed by atoms with van der Waals surface area (Å²) in [6.07, 6.45) is 2.47. The minimum atomic E-state index is -0.921. The van der Waals surface area contributed by atoms with Crippen LogP contribution >= 0.6 is 0 Å². The first-order valence-electron chi connectivity index (χ1n) is 12.7. The third kappa shape index (κ3) is 5.11. The Morgan fingerprint density at radius 3 is 2.50 bits per heavy atom. The molecule has 0 aliphatic rings. The third-order valence-corrected chi connectivity index (χ3v) is 6.80. The van der Waals surface area contributed by atoms with E-state index in [9.17, 15) is 9.59 Å². The standard InChI is InChI=1S/C30H30N6O2/c1-4-30(2,3)32-29(38)28(22-16-17-24-21(19-22)11-10-18-31-24)36(23-12-6-5-7-13-23)27(37)20-35-26-15-9-8-14-25(26)33-34-35/h5-19,28H,4,20H2,1-3H3,(H,32,38). The molecule has 38 heavy (non-hydrogen) atoms. The van der Waals surface area contributed by atoms with E-state index in [4.69, 9.17) is 0 Å². The summed E-state index contributed by atoms with van der Waals surface area (Å²) in [6.45, 7) is 5.89. The van der Waals surface area contributed by atoms with Gasteiger partial charge in [0.15, 0.2) is 0 Å². The van der Waals surface area contributed by atoms with Crippen molar-refractivity contribution < 1.29 is 9.59 Å². The van der Waals surface area contributed by atoms with Crippen LogP contribution in [0.1, 0.15) is 38.8 Å². The monoisotopic (exact) mass is 506 g/mol. The molecule has 8 heteroatoms. The number of benzene rings is 3. The maximum Gasteiger partial charge on any atom is 0.249 e. The molecule has 1 atom stereocenters. The van der Waals surface area contributed by atoms with E-state index in [0.717, 1.165) is 22.8 Å². The molecule has 5 rings (SSSR count). The van der Waals surface area contributed by atoms with Crippen molar-refractivity contribution in [3.8, 4) is 0 Å². The summed E-state index contributed by atoms with van der Waals surface area (Å²) in [7, 11) is 0. The van der Waals surface area contributed by atoms with E-state index < -0.39 is 11.6 Å². The minimum Gasteiger partial charge on any atom is -0.349 e. The molecule has 192 valence electrons. The average Bonchev–Trinajstić information content (AvgIpc) is 3.34. The molecular formula is C30H30N6O2. The van der Waals surface area contributed by atoms with E-state index >= 15 is 0 Å². The summed E-state index contributed by atoms with van der Waals surface area (Å²) in [4.78, 5) is 34.1. The fraction of sp³-hybridized carbons (Fsp3) is 0.233. The van der Waals surface area contributed by atoms with Crippen molar-refractivity contribution in [2.45, 2.75) is 45.3 Å². The van der Waals surface area contributed by atoms with Gasteiger partial charge in [-0.3, -0.25) is 19.5 Å². The van der Waals surface area contributed by atoms with Gasteiger partial charge in [-0.25, -0.2) is 4.68 Å². The number of carbonyl (C=O) groups excluding carboxylic acids is 2. The second kappa shape index (κ2) is 10.4. The maximum absolute atomic E-state index is 14.1. The molecule has 5 aromatic rings. The molecule has 0 saturated carbocycles. The Hall–Kier alpha value is -4.59. The SMILES string of the molecule is CCC(C)(C)NC(=O)C(c1ccc2ncccc2c1)N(C(=O)Cn1nnc2ccccc21)c1ccccc1. The second-order valence-corrected chi connectivity index (χ2v) is 9.92. The van der Waals surface area contributed by atoms with Crippen molar-refractivity contribution in [1.29, 1.82) is 0 Å². The Morgan fingerprint density at radius 2 is 1.71 bits per heavy atom. The van der Waals surface area contributed by atoms with Gasteiger partial charge in [0.05, 0.1) is 11.0 Å². The molecule has 1 unspecified atom stereocenters. The van der Waals surface area contributed by atoms with Crippen LogP contribution in [0.15, 0.2) is 91.1 Å². The summed E-state index contributed by atoms with van der Waals surface area (Å²) in [6, 6.07) is 25.3. The van der Waals surface area contributed by atoms with Crippen LogP contribution in [0.25, 0.3) is 21.9 Å². The van der Waals surface area contributed by atoms with Crippen molar-refractivity contribution in [1.82, 2.24) is 25.3 Å². The zero-order valence-electron chi connectivity index (χ0n) is 21.7. The molecule has 0 fully saturated rings. The number of hydrogen-bond donors (Lipinski definition) is 1. The van der Waals surface area contributed by atoms with Crippen molar-refractivity contribution in [3.05, 3.63) is 96.7 Å². The summed E-state index contributed by atoms with van der Waals surface area (Å²) in [5.74, 6) is -0.548. The van der Waals surface area contributed by atoms with Crippen LogP contribution in [-0.2, 0) is 16.1 Å². The molecule has 2 amide bonds. The lowest BCUT2D eigenvalue weighted by Gasteiger charge is -2.34. The first-order chi connectivity index (χ1) is 18.4. The fourth-order valence-electron chi connectivity index (χ4n) is 4.44.